The van der Waals surface area contributed by atoms with Gasteiger partial charge in [0, 0.05) is 11.8 Å². The van der Waals surface area contributed by atoms with E-state index in [2.05, 4.69) is 5.10 Å². The predicted octanol–water partition coefficient (Wildman–Crippen LogP) is 2.89. The standard InChI is InChI=1S/C15H17F3N2O3/c1-13(2,3)14(23)8-11(15(16,17)18)19-20(14)12(22)9-6-4-5-7-10(9)21/h4-7,21,23H,8H2,1-3H3/t14-/m0/s1. The Bertz CT molecular complexity index is 665. The highest BCUT2D eigenvalue weighted by atomic mass is 19.4. The molecular weight excluding hydrogens is 313 g/mol. The molecule has 0 bridgehead atoms. The van der Waals surface area contributed by atoms with Crippen molar-refractivity contribution in [2.75, 3.05) is 0 Å². The molecule has 126 valence electrons. The fourth-order valence-corrected chi connectivity index (χ4v) is 2.27. The maximum Gasteiger partial charge on any atom is 0.431 e. The third-order valence-corrected chi connectivity index (χ3v) is 3.84. The van der Waals surface area contributed by atoms with Gasteiger partial charge in [-0.3, -0.25) is 4.79 Å². The first-order valence-corrected chi connectivity index (χ1v) is 6.87. The Morgan fingerprint density at radius 2 is 1.83 bits per heavy atom. The summed E-state index contributed by atoms with van der Waals surface area (Å²) >= 11 is 0. The summed E-state index contributed by atoms with van der Waals surface area (Å²) in [7, 11) is 0. The maximum absolute atomic E-state index is 13.0. The molecule has 1 aliphatic rings. The number of phenols is 1. The summed E-state index contributed by atoms with van der Waals surface area (Å²) in [6, 6.07) is 5.40. The fourth-order valence-electron chi connectivity index (χ4n) is 2.27. The normalized spacial score (nSPS) is 22.2. The van der Waals surface area contributed by atoms with Crippen LogP contribution in [0.2, 0.25) is 0 Å². The second-order valence-electron chi connectivity index (χ2n) is 6.42. The van der Waals surface area contributed by atoms with E-state index in [-0.39, 0.29) is 5.56 Å². The zero-order valence-electron chi connectivity index (χ0n) is 12.8. The number of halogens is 3. The molecule has 1 amide bonds. The van der Waals surface area contributed by atoms with Crippen molar-refractivity contribution in [3.8, 4) is 5.75 Å². The molecule has 0 radical (unpaired) electrons. The average Bonchev–Trinajstić information content (AvgIpc) is 2.77. The number of carbonyl (C=O) groups excluding carboxylic acids is 1. The summed E-state index contributed by atoms with van der Waals surface area (Å²) in [5.74, 6) is -1.40. The summed E-state index contributed by atoms with van der Waals surface area (Å²) in [5.41, 5.74) is -4.72. The number of benzene rings is 1. The summed E-state index contributed by atoms with van der Waals surface area (Å²) in [5, 5.41) is 24.2. The van der Waals surface area contributed by atoms with Gasteiger partial charge in [-0.15, -0.1) is 0 Å². The second-order valence-corrected chi connectivity index (χ2v) is 6.42. The Kier molecular flexibility index (Phi) is 3.92. The molecule has 0 saturated heterocycles. The molecule has 1 aromatic carbocycles. The largest absolute Gasteiger partial charge is 0.507 e. The van der Waals surface area contributed by atoms with E-state index in [1.165, 1.54) is 45.0 Å². The van der Waals surface area contributed by atoms with Crippen LogP contribution in [0.15, 0.2) is 29.4 Å². The molecule has 0 aliphatic carbocycles. The molecule has 2 N–H and O–H groups in total. The van der Waals surface area contributed by atoms with Crippen LogP contribution < -0.4 is 0 Å². The van der Waals surface area contributed by atoms with Crippen LogP contribution in [0.25, 0.3) is 0 Å². The topological polar surface area (TPSA) is 73.1 Å². The maximum atomic E-state index is 13.0. The number of aliphatic hydroxyl groups is 1. The van der Waals surface area contributed by atoms with E-state index in [4.69, 9.17) is 0 Å². The van der Waals surface area contributed by atoms with Gasteiger partial charge < -0.3 is 10.2 Å². The number of alkyl halides is 3. The highest BCUT2D eigenvalue weighted by molar-refractivity contribution is 6.01. The van der Waals surface area contributed by atoms with E-state index in [1.54, 1.807) is 0 Å². The molecule has 1 atom stereocenters. The number of para-hydroxylation sites is 1. The first kappa shape index (κ1) is 17.3. The number of rotatable bonds is 1. The van der Waals surface area contributed by atoms with Gasteiger partial charge in [0.1, 0.15) is 11.5 Å². The van der Waals surface area contributed by atoms with Crippen molar-refractivity contribution in [3.63, 3.8) is 0 Å². The smallest absolute Gasteiger partial charge is 0.431 e. The SMILES string of the molecule is CC(C)(C)[C@@]1(O)CC(C(F)(F)F)=NN1C(=O)c1ccccc1O. The number of hydrazone groups is 1. The van der Waals surface area contributed by atoms with Crippen LogP contribution in [-0.2, 0) is 0 Å². The lowest BCUT2D eigenvalue weighted by atomic mass is 9.80. The minimum absolute atomic E-state index is 0.234. The van der Waals surface area contributed by atoms with Crippen molar-refractivity contribution >= 4 is 11.6 Å². The van der Waals surface area contributed by atoms with Gasteiger partial charge in [-0.2, -0.15) is 23.3 Å². The van der Waals surface area contributed by atoms with Crippen molar-refractivity contribution in [1.82, 2.24) is 5.01 Å². The third-order valence-electron chi connectivity index (χ3n) is 3.84. The van der Waals surface area contributed by atoms with E-state index >= 15 is 0 Å². The Morgan fingerprint density at radius 3 is 2.30 bits per heavy atom. The number of carbonyl (C=O) groups is 1. The Morgan fingerprint density at radius 1 is 1.26 bits per heavy atom. The van der Waals surface area contributed by atoms with Gasteiger partial charge in [0.15, 0.2) is 5.72 Å². The van der Waals surface area contributed by atoms with Crippen LogP contribution in [0, 0.1) is 5.41 Å². The highest BCUT2D eigenvalue weighted by Crippen LogP contribution is 2.44. The number of nitrogens with zero attached hydrogens (tertiary/aromatic N) is 2. The molecule has 0 unspecified atom stereocenters. The number of phenolic OH excluding ortho intramolecular Hbond substituents is 1. The highest BCUT2D eigenvalue weighted by Gasteiger charge is 2.57. The van der Waals surface area contributed by atoms with Gasteiger partial charge in [-0.05, 0) is 12.1 Å². The molecule has 0 fully saturated rings. The van der Waals surface area contributed by atoms with Crippen LogP contribution in [0.5, 0.6) is 5.75 Å². The van der Waals surface area contributed by atoms with Crippen LogP contribution in [0.1, 0.15) is 37.6 Å². The van der Waals surface area contributed by atoms with Gasteiger partial charge in [0.2, 0.25) is 0 Å². The third kappa shape index (κ3) is 2.90. The van der Waals surface area contributed by atoms with E-state index in [1.807, 2.05) is 0 Å². The Labute approximate surface area is 131 Å². The van der Waals surface area contributed by atoms with Crippen molar-refractivity contribution in [2.45, 2.75) is 39.1 Å². The van der Waals surface area contributed by atoms with Crippen LogP contribution in [-0.4, -0.2) is 38.7 Å². The van der Waals surface area contributed by atoms with Crippen molar-refractivity contribution in [3.05, 3.63) is 29.8 Å². The molecule has 0 aromatic heterocycles. The van der Waals surface area contributed by atoms with Gasteiger partial charge in [-0.25, -0.2) is 0 Å². The van der Waals surface area contributed by atoms with Gasteiger partial charge >= 0.3 is 6.18 Å². The monoisotopic (exact) mass is 330 g/mol. The summed E-state index contributed by atoms with van der Waals surface area (Å²) in [6.45, 7) is 4.52. The number of hydrogen-bond acceptors (Lipinski definition) is 4. The zero-order valence-corrected chi connectivity index (χ0v) is 12.8. The van der Waals surface area contributed by atoms with Gasteiger partial charge in [-0.1, -0.05) is 32.9 Å². The van der Waals surface area contributed by atoms with Crippen molar-refractivity contribution < 1.29 is 28.2 Å². The van der Waals surface area contributed by atoms with Crippen molar-refractivity contribution in [2.24, 2.45) is 10.5 Å². The minimum Gasteiger partial charge on any atom is -0.507 e. The molecular formula is C15H17F3N2O3. The van der Waals surface area contributed by atoms with Gasteiger partial charge in [0.25, 0.3) is 5.91 Å². The molecule has 1 aromatic rings. The lowest BCUT2D eigenvalue weighted by Gasteiger charge is -2.41. The minimum atomic E-state index is -4.76. The van der Waals surface area contributed by atoms with E-state index in [9.17, 15) is 28.2 Å². The number of hydrogen-bond donors (Lipinski definition) is 2. The molecule has 2 rings (SSSR count). The van der Waals surface area contributed by atoms with Crippen LogP contribution in [0.4, 0.5) is 13.2 Å². The molecule has 0 spiro atoms. The molecule has 1 aliphatic heterocycles. The lowest BCUT2D eigenvalue weighted by molar-refractivity contribution is -0.144. The quantitative estimate of drug-likeness (QED) is 0.831. The van der Waals surface area contributed by atoms with E-state index in [0.717, 1.165) is 0 Å². The summed E-state index contributed by atoms with van der Waals surface area (Å²) in [6.07, 6.45) is -5.59. The number of aromatic hydroxyl groups is 1. The van der Waals surface area contributed by atoms with Crippen LogP contribution in [0.3, 0.4) is 0 Å². The van der Waals surface area contributed by atoms with Crippen molar-refractivity contribution in [1.29, 1.82) is 0 Å². The lowest BCUT2D eigenvalue weighted by Crippen LogP contribution is -2.55. The van der Waals surface area contributed by atoms with Crippen LogP contribution >= 0.6 is 0 Å². The molecule has 1 heterocycles. The molecule has 8 heteroatoms. The Balaban J connectivity index is 2.53. The predicted molar refractivity (Wildman–Crippen MR) is 76.8 cm³/mol. The average molecular weight is 330 g/mol. The molecule has 5 nitrogen and oxygen atoms in total. The fraction of sp³-hybridized carbons (Fsp3) is 0.467. The summed E-state index contributed by atoms with van der Waals surface area (Å²) < 4.78 is 38.9. The van der Waals surface area contributed by atoms with Gasteiger partial charge in [0.05, 0.1) is 5.56 Å². The second kappa shape index (κ2) is 5.23. The van der Waals surface area contributed by atoms with E-state index in [0.29, 0.717) is 5.01 Å². The molecule has 0 saturated carbocycles. The first-order chi connectivity index (χ1) is 10.4. The summed E-state index contributed by atoms with van der Waals surface area (Å²) in [4.78, 5) is 12.5. The van der Waals surface area contributed by atoms with E-state index < -0.39 is 41.1 Å². The first-order valence-electron chi connectivity index (χ1n) is 6.87. The Hall–Kier alpha value is -2.09. The molecule has 23 heavy (non-hydrogen) atoms. The number of amides is 1. The zero-order chi connectivity index (χ0) is 17.6.